The molecule has 68 valence electrons. The Morgan fingerprint density at radius 2 is 2.08 bits per heavy atom. The maximum Gasteiger partial charge on any atom is 0.506 e. The summed E-state index contributed by atoms with van der Waals surface area (Å²) in [6.07, 6.45) is 0.995. The van der Waals surface area contributed by atoms with Crippen molar-refractivity contribution < 1.29 is 14.6 Å². The lowest BCUT2D eigenvalue weighted by molar-refractivity contribution is -0.0489. The van der Waals surface area contributed by atoms with Crippen LogP contribution >= 0.6 is 0 Å². The third-order valence-corrected chi connectivity index (χ3v) is 2.85. The standard InChI is InChI=1S/C8H13NO3/c10-8(11)12-7-5-9-3-1-6(7)2-4-9/h6-7H,1-5H2,(H,10,11)/t7-/m0/s1. The van der Waals surface area contributed by atoms with Crippen molar-refractivity contribution >= 4 is 6.16 Å². The minimum Gasteiger partial charge on any atom is -0.450 e. The van der Waals surface area contributed by atoms with Crippen LogP contribution in [0.2, 0.25) is 0 Å². The molecule has 0 unspecified atom stereocenters. The largest absolute Gasteiger partial charge is 0.506 e. The van der Waals surface area contributed by atoms with Gasteiger partial charge in [0.15, 0.2) is 0 Å². The molecule has 3 fully saturated rings. The summed E-state index contributed by atoms with van der Waals surface area (Å²) in [5, 5.41) is 8.45. The first kappa shape index (κ1) is 7.86. The molecular weight excluding hydrogens is 158 g/mol. The van der Waals surface area contributed by atoms with Crippen LogP contribution in [0.15, 0.2) is 0 Å². The highest BCUT2D eigenvalue weighted by Gasteiger charge is 2.36. The molecule has 4 heteroatoms. The van der Waals surface area contributed by atoms with Gasteiger partial charge in [-0.3, -0.25) is 4.90 Å². The highest BCUT2D eigenvalue weighted by molar-refractivity contribution is 5.57. The van der Waals surface area contributed by atoms with Crippen molar-refractivity contribution in [1.29, 1.82) is 0 Å². The van der Waals surface area contributed by atoms with Crippen molar-refractivity contribution in [2.45, 2.75) is 18.9 Å². The molecule has 3 saturated heterocycles. The number of rotatable bonds is 1. The molecule has 0 spiro atoms. The van der Waals surface area contributed by atoms with Crippen LogP contribution < -0.4 is 0 Å². The van der Waals surface area contributed by atoms with Crippen molar-refractivity contribution in [2.75, 3.05) is 19.6 Å². The van der Waals surface area contributed by atoms with Gasteiger partial charge in [-0.1, -0.05) is 0 Å². The SMILES string of the molecule is O=C(O)O[C@H]1CN2CCC1CC2. The van der Waals surface area contributed by atoms with Crippen LogP contribution in [0.4, 0.5) is 4.79 Å². The lowest BCUT2D eigenvalue weighted by Gasteiger charge is -2.43. The van der Waals surface area contributed by atoms with Crippen molar-refractivity contribution in [3.8, 4) is 0 Å². The molecule has 0 aromatic heterocycles. The Bertz CT molecular complexity index is 187. The van der Waals surface area contributed by atoms with Crippen LogP contribution in [0.5, 0.6) is 0 Å². The smallest absolute Gasteiger partial charge is 0.450 e. The number of carbonyl (C=O) groups is 1. The van der Waals surface area contributed by atoms with Crippen LogP contribution in [0.1, 0.15) is 12.8 Å². The van der Waals surface area contributed by atoms with Gasteiger partial charge in [-0.05, 0) is 31.8 Å². The lowest BCUT2D eigenvalue weighted by atomic mass is 9.86. The van der Waals surface area contributed by atoms with E-state index in [1.165, 1.54) is 0 Å². The number of fused-ring (bicyclic) bond motifs is 3. The van der Waals surface area contributed by atoms with Gasteiger partial charge in [0, 0.05) is 6.54 Å². The summed E-state index contributed by atoms with van der Waals surface area (Å²) in [7, 11) is 0. The van der Waals surface area contributed by atoms with E-state index < -0.39 is 6.16 Å². The molecule has 0 saturated carbocycles. The summed E-state index contributed by atoms with van der Waals surface area (Å²) in [6.45, 7) is 3.03. The fourth-order valence-corrected chi connectivity index (χ4v) is 2.17. The molecular formula is C8H13NO3. The van der Waals surface area contributed by atoms with E-state index in [0.29, 0.717) is 5.92 Å². The van der Waals surface area contributed by atoms with E-state index in [0.717, 1.165) is 32.5 Å². The third kappa shape index (κ3) is 1.39. The van der Waals surface area contributed by atoms with E-state index in [-0.39, 0.29) is 6.10 Å². The molecule has 2 bridgehead atoms. The van der Waals surface area contributed by atoms with Gasteiger partial charge in [-0.25, -0.2) is 4.79 Å². The van der Waals surface area contributed by atoms with Gasteiger partial charge in [0.25, 0.3) is 0 Å². The predicted octanol–water partition coefficient (Wildman–Crippen LogP) is 0.775. The van der Waals surface area contributed by atoms with Crippen molar-refractivity contribution in [1.82, 2.24) is 4.90 Å². The summed E-state index contributed by atoms with van der Waals surface area (Å²) in [6, 6.07) is 0. The summed E-state index contributed by atoms with van der Waals surface area (Å²) in [5.74, 6) is 0.478. The number of hydrogen-bond donors (Lipinski definition) is 1. The van der Waals surface area contributed by atoms with Gasteiger partial charge in [0.05, 0.1) is 0 Å². The average Bonchev–Trinajstić information content (AvgIpc) is 2.05. The Labute approximate surface area is 71.1 Å². The van der Waals surface area contributed by atoms with Gasteiger partial charge in [0.1, 0.15) is 6.10 Å². The summed E-state index contributed by atoms with van der Waals surface area (Å²) in [4.78, 5) is 12.6. The van der Waals surface area contributed by atoms with E-state index in [4.69, 9.17) is 9.84 Å². The minimum absolute atomic E-state index is 0.0648. The van der Waals surface area contributed by atoms with Crippen LogP contribution in [0.25, 0.3) is 0 Å². The first-order chi connectivity index (χ1) is 5.75. The number of hydrogen-bond acceptors (Lipinski definition) is 3. The van der Waals surface area contributed by atoms with E-state index in [1.807, 2.05) is 0 Å². The molecule has 3 aliphatic rings. The van der Waals surface area contributed by atoms with E-state index in [9.17, 15) is 4.79 Å². The van der Waals surface area contributed by atoms with Gasteiger partial charge in [-0.15, -0.1) is 0 Å². The first-order valence-electron chi connectivity index (χ1n) is 4.37. The Hall–Kier alpha value is -0.770. The summed E-state index contributed by atoms with van der Waals surface area (Å²) < 4.78 is 4.80. The average molecular weight is 171 g/mol. The molecule has 12 heavy (non-hydrogen) atoms. The molecule has 0 aromatic rings. The third-order valence-electron chi connectivity index (χ3n) is 2.85. The summed E-state index contributed by atoms with van der Waals surface area (Å²) >= 11 is 0. The second-order valence-corrected chi connectivity index (χ2v) is 3.56. The number of carboxylic acid groups (broad SMARTS) is 1. The number of piperidine rings is 3. The van der Waals surface area contributed by atoms with Gasteiger partial charge in [-0.2, -0.15) is 0 Å². The first-order valence-corrected chi connectivity index (χ1v) is 4.37. The minimum atomic E-state index is -1.13. The van der Waals surface area contributed by atoms with Crippen LogP contribution in [-0.2, 0) is 4.74 Å². The second-order valence-electron chi connectivity index (χ2n) is 3.56. The molecule has 3 rings (SSSR count). The number of nitrogens with zero attached hydrogens (tertiary/aromatic N) is 1. The Morgan fingerprint density at radius 3 is 2.50 bits per heavy atom. The summed E-state index contributed by atoms with van der Waals surface area (Å²) in [5.41, 5.74) is 0. The van der Waals surface area contributed by atoms with Crippen LogP contribution in [-0.4, -0.2) is 41.9 Å². The van der Waals surface area contributed by atoms with Crippen LogP contribution in [0, 0.1) is 5.92 Å². The van der Waals surface area contributed by atoms with Crippen molar-refractivity contribution in [3.05, 3.63) is 0 Å². The normalized spacial score (nSPS) is 39.5. The molecule has 0 aromatic carbocycles. The van der Waals surface area contributed by atoms with Crippen LogP contribution in [0.3, 0.4) is 0 Å². The molecule has 0 radical (unpaired) electrons. The zero-order valence-electron chi connectivity index (χ0n) is 6.90. The zero-order valence-corrected chi connectivity index (χ0v) is 6.90. The van der Waals surface area contributed by atoms with Crippen molar-refractivity contribution in [2.24, 2.45) is 5.92 Å². The quantitative estimate of drug-likeness (QED) is 0.592. The highest BCUT2D eigenvalue weighted by Crippen LogP contribution is 2.29. The monoisotopic (exact) mass is 171 g/mol. The maximum atomic E-state index is 10.3. The fourth-order valence-electron chi connectivity index (χ4n) is 2.17. The lowest BCUT2D eigenvalue weighted by Crippen LogP contribution is -2.51. The van der Waals surface area contributed by atoms with E-state index in [1.54, 1.807) is 0 Å². The Kier molecular flexibility index (Phi) is 1.92. The number of ether oxygens (including phenoxy) is 1. The van der Waals surface area contributed by atoms with Crippen molar-refractivity contribution in [3.63, 3.8) is 0 Å². The second kappa shape index (κ2) is 2.94. The zero-order chi connectivity index (χ0) is 8.55. The molecule has 0 aliphatic carbocycles. The molecule has 1 atom stereocenters. The predicted molar refractivity (Wildman–Crippen MR) is 42.1 cm³/mol. The molecule has 3 heterocycles. The molecule has 4 nitrogen and oxygen atoms in total. The topological polar surface area (TPSA) is 49.8 Å². The Balaban J connectivity index is 1.95. The Morgan fingerprint density at radius 1 is 1.42 bits per heavy atom. The molecule has 1 N–H and O–H groups in total. The molecule has 0 amide bonds. The van der Waals surface area contributed by atoms with E-state index >= 15 is 0 Å². The molecule has 3 aliphatic heterocycles. The van der Waals surface area contributed by atoms with Gasteiger partial charge >= 0.3 is 6.16 Å². The highest BCUT2D eigenvalue weighted by atomic mass is 16.7. The van der Waals surface area contributed by atoms with Gasteiger partial charge < -0.3 is 9.84 Å². The van der Waals surface area contributed by atoms with Gasteiger partial charge in [0.2, 0.25) is 0 Å². The van der Waals surface area contributed by atoms with E-state index in [2.05, 4.69) is 4.90 Å². The fraction of sp³-hybridized carbons (Fsp3) is 0.875. The maximum absolute atomic E-state index is 10.3.